The Bertz CT molecular complexity index is 172. The fraction of sp³-hybridized carbons (Fsp3) is 0.800. The Morgan fingerprint density at radius 2 is 2.45 bits per heavy atom. The van der Waals surface area contributed by atoms with E-state index in [9.17, 15) is 9.70 Å². The molecule has 6 heteroatoms. The zero-order chi connectivity index (χ0) is 8.27. The monoisotopic (exact) mass is 160 g/mol. The molecule has 6 nitrogen and oxygen atoms in total. The predicted molar refractivity (Wildman–Crippen MR) is 34.5 cm³/mol. The number of carbonyl (C=O) groups is 1. The molecule has 11 heavy (non-hydrogen) atoms. The first-order valence-corrected chi connectivity index (χ1v) is 3.16. The molecule has 0 radical (unpaired) electrons. The van der Waals surface area contributed by atoms with Gasteiger partial charge in [-0.2, -0.15) is 0 Å². The standard InChI is InChI=1S/C5H8N2O4/c8-5(9)4-1-2-11-3-7(4)6-10/h4H,1-3H2,(H,8,9). The first-order chi connectivity index (χ1) is 5.25. The van der Waals surface area contributed by atoms with Crippen molar-refractivity contribution >= 4 is 5.97 Å². The number of aliphatic carboxylic acids is 1. The summed E-state index contributed by atoms with van der Waals surface area (Å²) in [6.45, 7) is 0.337. The van der Waals surface area contributed by atoms with Gasteiger partial charge in [0, 0.05) is 6.42 Å². The molecule has 1 fully saturated rings. The molecular weight excluding hydrogens is 152 g/mol. The van der Waals surface area contributed by atoms with Crippen molar-refractivity contribution in [3.8, 4) is 0 Å². The molecule has 1 heterocycles. The van der Waals surface area contributed by atoms with Gasteiger partial charge in [0.15, 0.2) is 6.04 Å². The summed E-state index contributed by atoms with van der Waals surface area (Å²) in [5.41, 5.74) is 0. The summed E-state index contributed by atoms with van der Waals surface area (Å²) in [7, 11) is 0. The summed E-state index contributed by atoms with van der Waals surface area (Å²) in [6, 6.07) is -0.818. The third-order valence-electron chi connectivity index (χ3n) is 1.51. The Balaban J connectivity index is 2.58. The molecule has 1 unspecified atom stereocenters. The van der Waals surface area contributed by atoms with Gasteiger partial charge in [-0.15, -0.1) is 4.91 Å². The lowest BCUT2D eigenvalue weighted by Gasteiger charge is -2.26. The van der Waals surface area contributed by atoms with Gasteiger partial charge in [0.2, 0.25) is 0 Å². The van der Waals surface area contributed by atoms with E-state index in [0.717, 1.165) is 5.01 Å². The summed E-state index contributed by atoms with van der Waals surface area (Å²) in [5, 5.41) is 12.0. The van der Waals surface area contributed by atoms with Crippen molar-refractivity contribution in [1.82, 2.24) is 5.01 Å². The molecule has 1 N–H and O–H groups in total. The predicted octanol–water partition coefficient (Wildman–Crippen LogP) is -0.199. The van der Waals surface area contributed by atoms with E-state index in [-0.39, 0.29) is 6.73 Å². The van der Waals surface area contributed by atoms with E-state index in [1.807, 2.05) is 0 Å². The van der Waals surface area contributed by atoms with E-state index in [2.05, 4.69) is 5.29 Å². The molecule has 0 aliphatic carbocycles. The summed E-state index contributed by atoms with van der Waals surface area (Å²) in [4.78, 5) is 20.4. The quantitative estimate of drug-likeness (QED) is 0.566. The SMILES string of the molecule is O=NN1COCCC1C(=O)O. The van der Waals surface area contributed by atoms with Crippen molar-refractivity contribution in [3.63, 3.8) is 0 Å². The van der Waals surface area contributed by atoms with Gasteiger partial charge in [0.1, 0.15) is 6.73 Å². The lowest BCUT2D eigenvalue weighted by Crippen LogP contribution is -2.43. The molecule has 1 saturated heterocycles. The lowest BCUT2D eigenvalue weighted by atomic mass is 10.2. The van der Waals surface area contributed by atoms with Gasteiger partial charge in [-0.3, -0.25) is 0 Å². The second-order valence-electron chi connectivity index (χ2n) is 2.20. The maximum atomic E-state index is 10.4. The van der Waals surface area contributed by atoms with Crippen molar-refractivity contribution in [3.05, 3.63) is 4.91 Å². The molecule has 0 spiro atoms. The summed E-state index contributed by atoms with van der Waals surface area (Å²) in [5.74, 6) is -1.03. The Hall–Kier alpha value is -1.17. The zero-order valence-corrected chi connectivity index (χ0v) is 5.77. The number of nitroso groups, excluding NO2 is 1. The smallest absolute Gasteiger partial charge is 0.328 e. The minimum atomic E-state index is -1.03. The Kier molecular flexibility index (Phi) is 2.37. The summed E-state index contributed by atoms with van der Waals surface area (Å²) in [6.07, 6.45) is 0.307. The van der Waals surface area contributed by atoms with Crippen LogP contribution in [0.15, 0.2) is 5.29 Å². The van der Waals surface area contributed by atoms with Crippen molar-refractivity contribution in [2.24, 2.45) is 5.29 Å². The van der Waals surface area contributed by atoms with Crippen LogP contribution in [-0.4, -0.2) is 35.5 Å². The Morgan fingerprint density at radius 3 is 2.91 bits per heavy atom. The van der Waals surface area contributed by atoms with Crippen molar-refractivity contribution < 1.29 is 14.6 Å². The van der Waals surface area contributed by atoms with E-state index >= 15 is 0 Å². The van der Waals surface area contributed by atoms with Gasteiger partial charge in [0.25, 0.3) is 0 Å². The number of hydrogen-bond acceptors (Lipinski definition) is 4. The average Bonchev–Trinajstić information content (AvgIpc) is 2.04. The van der Waals surface area contributed by atoms with Crippen LogP contribution in [0.4, 0.5) is 0 Å². The van der Waals surface area contributed by atoms with E-state index in [0.29, 0.717) is 13.0 Å². The van der Waals surface area contributed by atoms with Crippen LogP contribution < -0.4 is 0 Å². The third kappa shape index (κ3) is 1.64. The highest BCUT2D eigenvalue weighted by atomic mass is 16.5. The molecule has 0 aromatic heterocycles. The maximum absolute atomic E-state index is 10.4. The van der Waals surface area contributed by atoms with Crippen molar-refractivity contribution in [1.29, 1.82) is 0 Å². The molecule has 1 aliphatic heterocycles. The number of hydrogen-bond donors (Lipinski definition) is 1. The molecule has 0 bridgehead atoms. The zero-order valence-electron chi connectivity index (χ0n) is 5.77. The van der Waals surface area contributed by atoms with Gasteiger partial charge in [-0.05, 0) is 0 Å². The molecule has 0 aromatic rings. The van der Waals surface area contributed by atoms with Crippen LogP contribution in [0.5, 0.6) is 0 Å². The maximum Gasteiger partial charge on any atom is 0.328 e. The van der Waals surface area contributed by atoms with Crippen LogP contribution in [-0.2, 0) is 9.53 Å². The van der Waals surface area contributed by atoms with Crippen molar-refractivity contribution in [2.75, 3.05) is 13.3 Å². The highest BCUT2D eigenvalue weighted by Crippen LogP contribution is 2.10. The molecular formula is C5H8N2O4. The fourth-order valence-corrected chi connectivity index (χ4v) is 0.923. The minimum Gasteiger partial charge on any atom is -0.480 e. The minimum absolute atomic E-state index is 0.0273. The van der Waals surface area contributed by atoms with Crippen LogP contribution in [0.1, 0.15) is 6.42 Å². The Labute approximate surface area is 62.7 Å². The normalized spacial score (nSPS) is 24.7. The molecule has 0 saturated carbocycles. The molecule has 0 aromatic carbocycles. The first kappa shape index (κ1) is 7.93. The van der Waals surface area contributed by atoms with Gasteiger partial charge < -0.3 is 9.84 Å². The van der Waals surface area contributed by atoms with E-state index in [4.69, 9.17) is 9.84 Å². The lowest BCUT2D eigenvalue weighted by molar-refractivity contribution is -0.151. The molecule has 0 amide bonds. The highest BCUT2D eigenvalue weighted by molar-refractivity contribution is 5.73. The second kappa shape index (κ2) is 3.29. The second-order valence-corrected chi connectivity index (χ2v) is 2.20. The summed E-state index contributed by atoms with van der Waals surface area (Å²) >= 11 is 0. The van der Waals surface area contributed by atoms with Crippen LogP contribution in [0.25, 0.3) is 0 Å². The van der Waals surface area contributed by atoms with E-state index < -0.39 is 12.0 Å². The molecule has 62 valence electrons. The van der Waals surface area contributed by atoms with Gasteiger partial charge in [-0.1, -0.05) is 0 Å². The van der Waals surface area contributed by atoms with Crippen molar-refractivity contribution in [2.45, 2.75) is 12.5 Å². The summed E-state index contributed by atoms with van der Waals surface area (Å²) < 4.78 is 4.82. The molecule has 1 atom stereocenters. The van der Waals surface area contributed by atoms with Gasteiger partial charge >= 0.3 is 5.97 Å². The Morgan fingerprint density at radius 1 is 1.73 bits per heavy atom. The van der Waals surface area contributed by atoms with Crippen LogP contribution in [0.3, 0.4) is 0 Å². The number of rotatable bonds is 2. The van der Waals surface area contributed by atoms with Gasteiger partial charge in [-0.25, -0.2) is 9.80 Å². The van der Waals surface area contributed by atoms with E-state index in [1.165, 1.54) is 0 Å². The highest BCUT2D eigenvalue weighted by Gasteiger charge is 2.28. The first-order valence-electron chi connectivity index (χ1n) is 3.16. The number of carboxylic acids is 1. The average molecular weight is 160 g/mol. The third-order valence-corrected chi connectivity index (χ3v) is 1.51. The number of ether oxygens (including phenoxy) is 1. The number of carboxylic acid groups (broad SMARTS) is 1. The topological polar surface area (TPSA) is 79.2 Å². The molecule has 1 rings (SSSR count). The number of nitrogens with zero attached hydrogens (tertiary/aromatic N) is 2. The fourth-order valence-electron chi connectivity index (χ4n) is 0.923. The van der Waals surface area contributed by atoms with Crippen LogP contribution in [0, 0.1) is 4.91 Å². The van der Waals surface area contributed by atoms with Crippen LogP contribution >= 0.6 is 0 Å². The molecule has 1 aliphatic rings. The largest absolute Gasteiger partial charge is 0.480 e. The van der Waals surface area contributed by atoms with Crippen LogP contribution in [0.2, 0.25) is 0 Å². The van der Waals surface area contributed by atoms with E-state index in [1.54, 1.807) is 0 Å². The van der Waals surface area contributed by atoms with Gasteiger partial charge in [0.05, 0.1) is 11.9 Å².